The van der Waals surface area contributed by atoms with Gasteiger partial charge in [0.15, 0.2) is 5.96 Å². The first-order chi connectivity index (χ1) is 12.4. The Labute approximate surface area is 181 Å². The zero-order chi connectivity index (χ0) is 19.1. The van der Waals surface area contributed by atoms with Crippen LogP contribution in [-0.2, 0) is 11.3 Å². The number of aliphatic imine (C=N–C) groups is 1. The molecule has 2 aromatic rings. The van der Waals surface area contributed by atoms with Gasteiger partial charge in [-0.3, -0.25) is 4.99 Å². The Hall–Kier alpha value is -1.68. The van der Waals surface area contributed by atoms with Gasteiger partial charge in [-0.25, -0.2) is 9.78 Å². The summed E-state index contributed by atoms with van der Waals surface area (Å²) in [4.78, 5) is 21.3. The van der Waals surface area contributed by atoms with Crippen LogP contribution in [0.5, 0.6) is 0 Å². The Bertz CT molecular complexity index is 792. The molecule has 1 atom stereocenters. The topological polar surface area (TPSA) is 75.6 Å². The lowest BCUT2D eigenvalue weighted by molar-refractivity contribution is 0.0531. The van der Waals surface area contributed by atoms with Gasteiger partial charge in [0.05, 0.1) is 18.3 Å². The molecule has 6 nitrogen and oxygen atoms in total. The van der Waals surface area contributed by atoms with Crippen molar-refractivity contribution >= 4 is 47.2 Å². The van der Waals surface area contributed by atoms with Gasteiger partial charge in [0.1, 0.15) is 9.88 Å². The summed E-state index contributed by atoms with van der Waals surface area (Å²) in [7, 11) is 1.73. The molecular formula is C19H27IN4O2S. The third-order valence-electron chi connectivity index (χ3n) is 3.76. The molecule has 8 heteroatoms. The van der Waals surface area contributed by atoms with E-state index in [9.17, 15) is 4.79 Å². The van der Waals surface area contributed by atoms with Crippen LogP contribution in [0.4, 0.5) is 0 Å². The molecule has 0 aliphatic carbocycles. The van der Waals surface area contributed by atoms with E-state index in [1.807, 2.05) is 19.9 Å². The fourth-order valence-electron chi connectivity index (χ4n) is 2.46. The van der Waals surface area contributed by atoms with E-state index in [0.717, 1.165) is 5.01 Å². The van der Waals surface area contributed by atoms with Gasteiger partial charge in [0, 0.05) is 13.6 Å². The van der Waals surface area contributed by atoms with Crippen molar-refractivity contribution in [2.45, 2.75) is 40.3 Å². The van der Waals surface area contributed by atoms with Crippen molar-refractivity contribution in [3.63, 3.8) is 0 Å². The normalized spacial score (nSPS) is 12.1. The highest BCUT2D eigenvalue weighted by Gasteiger charge is 2.20. The molecule has 1 aromatic carbocycles. The molecule has 0 amide bonds. The van der Waals surface area contributed by atoms with E-state index in [1.165, 1.54) is 22.5 Å². The Morgan fingerprint density at radius 1 is 1.37 bits per heavy atom. The van der Waals surface area contributed by atoms with E-state index in [0.29, 0.717) is 29.7 Å². The predicted molar refractivity (Wildman–Crippen MR) is 121 cm³/mol. The molecule has 0 radical (unpaired) electrons. The number of thiazole rings is 1. The minimum atomic E-state index is -0.317. The lowest BCUT2D eigenvalue weighted by atomic mass is 10.1. The van der Waals surface area contributed by atoms with Gasteiger partial charge in [-0.05, 0) is 33.3 Å². The zero-order valence-electron chi connectivity index (χ0n) is 16.3. The number of guanidine groups is 1. The molecule has 27 heavy (non-hydrogen) atoms. The second kappa shape index (κ2) is 11.2. The van der Waals surface area contributed by atoms with Crippen molar-refractivity contribution in [1.29, 1.82) is 0 Å². The maximum Gasteiger partial charge on any atom is 0.350 e. The largest absolute Gasteiger partial charge is 0.462 e. The van der Waals surface area contributed by atoms with Gasteiger partial charge < -0.3 is 15.4 Å². The molecular weight excluding hydrogens is 475 g/mol. The van der Waals surface area contributed by atoms with Crippen molar-refractivity contribution in [2.75, 3.05) is 13.7 Å². The van der Waals surface area contributed by atoms with Gasteiger partial charge >= 0.3 is 5.97 Å². The van der Waals surface area contributed by atoms with Crippen molar-refractivity contribution in [3.8, 4) is 0 Å². The molecule has 0 fully saturated rings. The molecule has 1 aromatic heterocycles. The minimum Gasteiger partial charge on any atom is -0.462 e. The van der Waals surface area contributed by atoms with E-state index in [2.05, 4.69) is 45.7 Å². The number of carbonyl (C=O) groups excluding carboxylic acids is 1. The lowest BCUT2D eigenvalue weighted by Crippen LogP contribution is -2.38. The highest BCUT2D eigenvalue weighted by Crippen LogP contribution is 2.24. The van der Waals surface area contributed by atoms with Crippen LogP contribution in [0.2, 0.25) is 0 Å². The number of rotatable bonds is 6. The maximum atomic E-state index is 12.0. The zero-order valence-corrected chi connectivity index (χ0v) is 19.5. The molecule has 0 aliphatic rings. The molecule has 0 aliphatic heterocycles. The number of hydrogen-bond donors (Lipinski definition) is 2. The number of aromatic nitrogens is 1. The summed E-state index contributed by atoms with van der Waals surface area (Å²) in [6, 6.07) is 8.25. The number of ether oxygens (including phenoxy) is 1. The van der Waals surface area contributed by atoms with Crippen LogP contribution in [0, 0.1) is 13.8 Å². The quantitative estimate of drug-likeness (QED) is 0.271. The van der Waals surface area contributed by atoms with Crippen LogP contribution in [0.15, 0.2) is 29.3 Å². The highest BCUT2D eigenvalue weighted by molar-refractivity contribution is 14.0. The number of hydrogen-bond acceptors (Lipinski definition) is 5. The van der Waals surface area contributed by atoms with Crippen molar-refractivity contribution in [3.05, 3.63) is 51.0 Å². The summed E-state index contributed by atoms with van der Waals surface area (Å²) < 4.78 is 5.08. The molecule has 2 rings (SSSR count). The summed E-state index contributed by atoms with van der Waals surface area (Å²) in [6.07, 6.45) is 0. The fraction of sp³-hybridized carbons (Fsp3) is 0.421. The Morgan fingerprint density at radius 2 is 2.11 bits per heavy atom. The second-order valence-corrected chi connectivity index (χ2v) is 7.00. The average molecular weight is 502 g/mol. The van der Waals surface area contributed by atoms with Crippen LogP contribution in [-0.4, -0.2) is 30.6 Å². The average Bonchev–Trinajstić information content (AvgIpc) is 3.00. The van der Waals surface area contributed by atoms with Crippen LogP contribution >= 0.6 is 35.3 Å². The fourth-order valence-corrected chi connectivity index (χ4v) is 3.42. The predicted octanol–water partition coefficient (Wildman–Crippen LogP) is 3.98. The minimum absolute atomic E-state index is 0. The molecule has 0 saturated carbocycles. The van der Waals surface area contributed by atoms with E-state index in [-0.39, 0.29) is 36.0 Å². The van der Waals surface area contributed by atoms with Gasteiger partial charge in [-0.1, -0.05) is 29.8 Å². The standard InChI is InChI=1S/C19H26N4O2S.HI/c1-6-25-18(24)16-13(3)22-17(26-16)14(4)23-19(20-5)21-11-15-9-7-8-12(2)10-15;/h7-10,14H,6,11H2,1-5H3,(H2,20,21,23);1H. The number of carbonyl (C=O) groups is 1. The van der Waals surface area contributed by atoms with E-state index < -0.39 is 0 Å². The van der Waals surface area contributed by atoms with Gasteiger partial charge in [-0.2, -0.15) is 0 Å². The smallest absolute Gasteiger partial charge is 0.350 e. The molecule has 0 bridgehead atoms. The second-order valence-electron chi connectivity index (χ2n) is 5.97. The number of aryl methyl sites for hydroxylation is 2. The van der Waals surface area contributed by atoms with Crippen molar-refractivity contribution in [2.24, 2.45) is 4.99 Å². The Kier molecular flexibility index (Phi) is 9.71. The highest BCUT2D eigenvalue weighted by atomic mass is 127. The summed E-state index contributed by atoms with van der Waals surface area (Å²) in [5.74, 6) is 0.368. The van der Waals surface area contributed by atoms with Crippen LogP contribution in [0.3, 0.4) is 0 Å². The lowest BCUT2D eigenvalue weighted by Gasteiger charge is -2.16. The van der Waals surface area contributed by atoms with Crippen LogP contribution < -0.4 is 10.6 Å². The van der Waals surface area contributed by atoms with E-state index in [4.69, 9.17) is 4.74 Å². The van der Waals surface area contributed by atoms with Crippen molar-refractivity contribution in [1.82, 2.24) is 15.6 Å². The number of benzene rings is 1. The first kappa shape index (κ1) is 23.4. The van der Waals surface area contributed by atoms with Crippen LogP contribution in [0.1, 0.15) is 51.4 Å². The third-order valence-corrected chi connectivity index (χ3v) is 5.08. The van der Waals surface area contributed by atoms with E-state index >= 15 is 0 Å². The molecule has 0 spiro atoms. The summed E-state index contributed by atoms with van der Waals surface area (Å²) in [5, 5.41) is 7.44. The third kappa shape index (κ3) is 6.76. The summed E-state index contributed by atoms with van der Waals surface area (Å²) in [6.45, 7) is 8.72. The summed E-state index contributed by atoms with van der Waals surface area (Å²) in [5.41, 5.74) is 3.11. The first-order valence-corrected chi connectivity index (χ1v) is 9.43. The molecule has 0 saturated heterocycles. The number of halogens is 1. The van der Waals surface area contributed by atoms with Gasteiger partial charge in [0.25, 0.3) is 0 Å². The Balaban J connectivity index is 0.00000364. The van der Waals surface area contributed by atoms with E-state index in [1.54, 1.807) is 14.0 Å². The van der Waals surface area contributed by atoms with Crippen molar-refractivity contribution < 1.29 is 9.53 Å². The molecule has 1 heterocycles. The molecule has 1 unspecified atom stereocenters. The first-order valence-electron chi connectivity index (χ1n) is 8.61. The van der Waals surface area contributed by atoms with Crippen LogP contribution in [0.25, 0.3) is 0 Å². The Morgan fingerprint density at radius 3 is 2.74 bits per heavy atom. The van der Waals surface area contributed by atoms with Gasteiger partial charge in [0.2, 0.25) is 0 Å². The van der Waals surface area contributed by atoms with Gasteiger partial charge in [-0.15, -0.1) is 35.3 Å². The maximum absolute atomic E-state index is 12.0. The molecule has 2 N–H and O–H groups in total. The summed E-state index contributed by atoms with van der Waals surface area (Å²) >= 11 is 1.35. The number of nitrogens with one attached hydrogen (secondary N) is 2. The monoisotopic (exact) mass is 502 g/mol. The SMILES string of the molecule is CCOC(=O)c1sc(C(C)NC(=NC)NCc2cccc(C)c2)nc1C.I. The number of esters is 1. The number of nitrogens with zero attached hydrogens (tertiary/aromatic N) is 2. The molecule has 148 valence electrons.